The molecule has 0 aromatic carbocycles. The van der Waals surface area contributed by atoms with Crippen molar-refractivity contribution in [3.63, 3.8) is 0 Å². The number of anilines is 1. The van der Waals surface area contributed by atoms with E-state index < -0.39 is 5.60 Å². The molecule has 3 N–H and O–H groups in total. The fourth-order valence-corrected chi connectivity index (χ4v) is 3.77. The van der Waals surface area contributed by atoms with Crippen molar-refractivity contribution < 1.29 is 5.11 Å². The third kappa shape index (κ3) is 3.02. The van der Waals surface area contributed by atoms with Crippen LogP contribution in [0.1, 0.15) is 32.6 Å². The van der Waals surface area contributed by atoms with Gasteiger partial charge in [0.2, 0.25) is 5.95 Å². The van der Waals surface area contributed by atoms with Gasteiger partial charge in [0.1, 0.15) is 12.0 Å². The SMILES string of the molecule is C[C@]1(O)CC[C@@H](Nc2ncc3c(-c4ccc5nncn5c4)c[nH]c3n2)CC1. The van der Waals surface area contributed by atoms with Crippen LogP contribution in [0, 0.1) is 0 Å². The van der Waals surface area contributed by atoms with Crippen molar-refractivity contribution in [3.05, 3.63) is 37.1 Å². The van der Waals surface area contributed by atoms with Gasteiger partial charge < -0.3 is 15.4 Å². The standard InChI is InChI=1S/C19H21N7O/c1-19(27)6-4-13(5-7-19)23-18-21-9-15-14(8-20-17(15)24-18)12-2-3-16-25-22-11-26(16)10-12/h2-3,8-11,13,27H,4-7H2,1H3,(H2,20,21,23,24)/t13-,19+. The molecule has 1 fully saturated rings. The van der Waals surface area contributed by atoms with Crippen LogP contribution in [0.3, 0.4) is 0 Å². The summed E-state index contributed by atoms with van der Waals surface area (Å²) in [4.78, 5) is 12.4. The molecular weight excluding hydrogens is 342 g/mol. The van der Waals surface area contributed by atoms with Gasteiger partial charge in [0, 0.05) is 41.1 Å². The molecule has 0 amide bonds. The summed E-state index contributed by atoms with van der Waals surface area (Å²) in [7, 11) is 0. The quantitative estimate of drug-likeness (QED) is 0.517. The smallest absolute Gasteiger partial charge is 0.224 e. The first-order valence-electron chi connectivity index (χ1n) is 9.20. The maximum Gasteiger partial charge on any atom is 0.224 e. The van der Waals surface area contributed by atoms with E-state index in [1.807, 2.05) is 42.0 Å². The normalized spacial score (nSPS) is 23.1. The summed E-state index contributed by atoms with van der Waals surface area (Å²) in [5, 5.41) is 22.4. The van der Waals surface area contributed by atoms with E-state index in [4.69, 9.17) is 0 Å². The zero-order chi connectivity index (χ0) is 18.4. The molecule has 0 saturated heterocycles. The first kappa shape index (κ1) is 16.2. The van der Waals surface area contributed by atoms with Crippen LogP contribution >= 0.6 is 0 Å². The Kier molecular flexibility index (Phi) is 3.61. The van der Waals surface area contributed by atoms with Crippen molar-refractivity contribution in [3.8, 4) is 11.1 Å². The molecule has 8 nitrogen and oxygen atoms in total. The number of aromatic nitrogens is 6. The highest BCUT2D eigenvalue weighted by Crippen LogP contribution is 2.30. The molecule has 4 heterocycles. The van der Waals surface area contributed by atoms with E-state index in [9.17, 15) is 5.11 Å². The van der Waals surface area contributed by atoms with E-state index in [0.29, 0.717) is 12.0 Å². The van der Waals surface area contributed by atoms with Gasteiger partial charge in [-0.05, 0) is 44.7 Å². The molecule has 0 bridgehead atoms. The summed E-state index contributed by atoms with van der Waals surface area (Å²) < 4.78 is 1.89. The molecule has 1 saturated carbocycles. The van der Waals surface area contributed by atoms with Crippen LogP contribution < -0.4 is 5.32 Å². The molecule has 0 aliphatic heterocycles. The zero-order valence-corrected chi connectivity index (χ0v) is 15.1. The van der Waals surface area contributed by atoms with Crippen LogP contribution in [0.25, 0.3) is 27.8 Å². The predicted molar refractivity (Wildman–Crippen MR) is 102 cm³/mol. The summed E-state index contributed by atoms with van der Waals surface area (Å²) in [6, 6.07) is 4.26. The first-order chi connectivity index (χ1) is 13.1. The largest absolute Gasteiger partial charge is 0.390 e. The Morgan fingerprint density at radius 1 is 1.30 bits per heavy atom. The molecule has 138 valence electrons. The lowest BCUT2D eigenvalue weighted by atomic mass is 9.84. The molecule has 27 heavy (non-hydrogen) atoms. The monoisotopic (exact) mass is 363 g/mol. The number of hydrogen-bond acceptors (Lipinski definition) is 6. The predicted octanol–water partition coefficient (Wildman–Crippen LogP) is 2.77. The maximum atomic E-state index is 10.1. The number of aromatic amines is 1. The van der Waals surface area contributed by atoms with E-state index >= 15 is 0 Å². The minimum Gasteiger partial charge on any atom is -0.390 e. The van der Waals surface area contributed by atoms with Crippen LogP contribution in [0.4, 0.5) is 5.95 Å². The number of H-pyrrole nitrogens is 1. The number of fused-ring (bicyclic) bond motifs is 2. The van der Waals surface area contributed by atoms with Crippen molar-refractivity contribution in [2.45, 2.75) is 44.2 Å². The van der Waals surface area contributed by atoms with Crippen molar-refractivity contribution in [2.24, 2.45) is 0 Å². The van der Waals surface area contributed by atoms with Crippen LogP contribution in [0.5, 0.6) is 0 Å². The fourth-order valence-electron chi connectivity index (χ4n) is 3.77. The Balaban J connectivity index is 1.41. The maximum absolute atomic E-state index is 10.1. The zero-order valence-electron chi connectivity index (χ0n) is 15.1. The van der Waals surface area contributed by atoms with E-state index in [1.165, 1.54) is 0 Å². The fraction of sp³-hybridized carbons (Fsp3) is 0.368. The van der Waals surface area contributed by atoms with E-state index in [-0.39, 0.29) is 0 Å². The van der Waals surface area contributed by atoms with Gasteiger partial charge in [-0.2, -0.15) is 4.98 Å². The molecule has 1 aliphatic carbocycles. The third-order valence-corrected chi connectivity index (χ3v) is 5.43. The number of nitrogens with one attached hydrogen (secondary N) is 2. The van der Waals surface area contributed by atoms with Crippen LogP contribution in [-0.4, -0.2) is 46.3 Å². The highest BCUT2D eigenvalue weighted by atomic mass is 16.3. The number of nitrogens with zero attached hydrogens (tertiary/aromatic N) is 5. The summed E-state index contributed by atoms with van der Waals surface area (Å²) >= 11 is 0. The molecular formula is C19H21N7O. The Bertz CT molecular complexity index is 1100. The second kappa shape index (κ2) is 6.02. The Morgan fingerprint density at radius 2 is 2.15 bits per heavy atom. The van der Waals surface area contributed by atoms with Gasteiger partial charge in [-0.1, -0.05) is 0 Å². The Labute approximate surface area is 155 Å². The minimum absolute atomic E-state index is 0.299. The van der Waals surface area contributed by atoms with Gasteiger partial charge in [0.15, 0.2) is 5.65 Å². The van der Waals surface area contributed by atoms with Crippen molar-refractivity contribution >= 4 is 22.6 Å². The topological polar surface area (TPSA) is 104 Å². The lowest BCUT2D eigenvalue weighted by Crippen LogP contribution is -2.36. The van der Waals surface area contributed by atoms with E-state index in [1.54, 1.807) is 6.33 Å². The molecule has 4 aromatic rings. The van der Waals surface area contributed by atoms with E-state index in [0.717, 1.165) is 53.5 Å². The highest BCUT2D eigenvalue weighted by molar-refractivity contribution is 5.93. The van der Waals surface area contributed by atoms with Gasteiger partial charge in [-0.25, -0.2) is 4.98 Å². The minimum atomic E-state index is -0.538. The molecule has 0 atom stereocenters. The van der Waals surface area contributed by atoms with Crippen LogP contribution in [0.2, 0.25) is 0 Å². The van der Waals surface area contributed by atoms with Gasteiger partial charge in [-0.15, -0.1) is 10.2 Å². The average Bonchev–Trinajstić information content (AvgIpc) is 3.29. The molecule has 0 spiro atoms. The van der Waals surface area contributed by atoms with Gasteiger partial charge in [0.05, 0.1) is 5.60 Å². The van der Waals surface area contributed by atoms with Crippen LogP contribution in [0.15, 0.2) is 37.1 Å². The highest BCUT2D eigenvalue weighted by Gasteiger charge is 2.28. The van der Waals surface area contributed by atoms with E-state index in [2.05, 4.69) is 30.5 Å². The molecule has 0 unspecified atom stereocenters. The van der Waals surface area contributed by atoms with Crippen molar-refractivity contribution in [2.75, 3.05) is 5.32 Å². The molecule has 8 heteroatoms. The first-order valence-corrected chi connectivity index (χ1v) is 9.20. The summed E-state index contributed by atoms with van der Waals surface area (Å²) in [6.45, 7) is 1.91. The van der Waals surface area contributed by atoms with Crippen LogP contribution in [-0.2, 0) is 0 Å². The average molecular weight is 363 g/mol. The molecule has 1 aliphatic rings. The van der Waals surface area contributed by atoms with Gasteiger partial charge >= 0.3 is 0 Å². The number of hydrogen-bond donors (Lipinski definition) is 3. The Hall–Kier alpha value is -3.00. The summed E-state index contributed by atoms with van der Waals surface area (Å²) in [6.07, 6.45) is 10.9. The number of pyridine rings is 1. The lowest BCUT2D eigenvalue weighted by molar-refractivity contribution is 0.0196. The molecule has 0 radical (unpaired) electrons. The summed E-state index contributed by atoms with van der Waals surface area (Å²) in [5.41, 5.74) is 3.17. The Morgan fingerprint density at radius 3 is 3.00 bits per heavy atom. The van der Waals surface area contributed by atoms with Crippen molar-refractivity contribution in [1.82, 2.24) is 29.5 Å². The van der Waals surface area contributed by atoms with Gasteiger partial charge in [-0.3, -0.25) is 4.40 Å². The van der Waals surface area contributed by atoms with Crippen molar-refractivity contribution in [1.29, 1.82) is 0 Å². The lowest BCUT2D eigenvalue weighted by Gasteiger charge is -2.33. The second-order valence-electron chi connectivity index (χ2n) is 7.59. The molecule has 4 aromatic heterocycles. The number of rotatable bonds is 3. The molecule has 5 rings (SSSR count). The summed E-state index contributed by atoms with van der Waals surface area (Å²) in [5.74, 6) is 0.622. The number of aliphatic hydroxyl groups is 1. The second-order valence-corrected chi connectivity index (χ2v) is 7.59. The van der Waals surface area contributed by atoms with Gasteiger partial charge in [0.25, 0.3) is 0 Å². The third-order valence-electron chi connectivity index (χ3n) is 5.43.